The van der Waals surface area contributed by atoms with Crippen molar-refractivity contribution >= 4 is 102 Å². The Labute approximate surface area is 343 Å². The summed E-state index contributed by atoms with van der Waals surface area (Å²) in [6.45, 7) is 0. The minimum atomic E-state index is 1.10. The largest absolute Gasteiger partial charge is 0.310 e. The Bertz CT molecular complexity index is 3500. The lowest BCUT2D eigenvalue weighted by Gasteiger charge is -2.29. The molecule has 3 heterocycles. The minimum absolute atomic E-state index is 1.10. The third-order valence-electron chi connectivity index (χ3n) is 11.6. The van der Waals surface area contributed by atoms with E-state index in [1.54, 1.807) is 0 Å². The van der Waals surface area contributed by atoms with Crippen LogP contribution in [0.2, 0.25) is 0 Å². The van der Waals surface area contributed by atoms with E-state index >= 15 is 0 Å². The van der Waals surface area contributed by atoms with Gasteiger partial charge in [-0.3, -0.25) is 0 Å². The fraction of sp³-hybridized carbons (Fsp3) is 0. The van der Waals surface area contributed by atoms with Gasteiger partial charge in [0, 0.05) is 79.3 Å². The van der Waals surface area contributed by atoms with E-state index in [1.807, 2.05) is 22.7 Å². The van der Waals surface area contributed by atoms with E-state index in [2.05, 4.69) is 216 Å². The zero-order chi connectivity index (χ0) is 38.2. The minimum Gasteiger partial charge on any atom is -0.310 e. The van der Waals surface area contributed by atoms with Crippen LogP contribution in [-0.4, -0.2) is 4.57 Å². The fourth-order valence-corrected chi connectivity index (χ4v) is 11.3. The molecule has 0 saturated heterocycles. The molecule has 0 amide bonds. The number of aromatic nitrogens is 1. The van der Waals surface area contributed by atoms with Gasteiger partial charge in [0.2, 0.25) is 0 Å². The number of fused-ring (bicyclic) bond motifs is 9. The maximum atomic E-state index is 2.49. The average molecular weight is 775 g/mol. The van der Waals surface area contributed by atoms with E-state index in [-0.39, 0.29) is 0 Å². The smallest absolute Gasteiger partial charge is 0.0562 e. The molecule has 0 spiro atoms. The first-order valence-corrected chi connectivity index (χ1v) is 21.3. The van der Waals surface area contributed by atoms with Crippen LogP contribution in [0.3, 0.4) is 0 Å². The molecule has 0 N–H and O–H groups in total. The molecule has 0 radical (unpaired) electrons. The molecule has 0 unspecified atom stereocenters. The number of para-hydroxylation sites is 2. The number of rotatable bonds is 6. The zero-order valence-corrected chi connectivity index (χ0v) is 33.0. The van der Waals surface area contributed by atoms with E-state index in [1.165, 1.54) is 84.4 Å². The molecule has 0 saturated carbocycles. The van der Waals surface area contributed by atoms with Crippen molar-refractivity contribution in [2.24, 2.45) is 0 Å². The van der Waals surface area contributed by atoms with Crippen LogP contribution in [0.25, 0.3) is 90.1 Å². The average Bonchev–Trinajstić information content (AvgIpc) is 3.96. The number of anilines is 3. The molecule has 0 aliphatic heterocycles. The van der Waals surface area contributed by atoms with Crippen molar-refractivity contribution in [3.05, 3.63) is 206 Å². The number of benzene rings is 9. The molecule has 0 fully saturated rings. The van der Waals surface area contributed by atoms with Gasteiger partial charge < -0.3 is 9.47 Å². The van der Waals surface area contributed by atoms with Crippen LogP contribution in [0.1, 0.15) is 0 Å². The Morgan fingerprint density at radius 1 is 0.345 bits per heavy atom. The number of hydrogen-bond acceptors (Lipinski definition) is 3. The predicted octanol–water partition coefficient (Wildman–Crippen LogP) is 16.3. The highest BCUT2D eigenvalue weighted by Gasteiger charge is 2.24. The lowest BCUT2D eigenvalue weighted by molar-refractivity contribution is 1.18. The van der Waals surface area contributed by atoms with Gasteiger partial charge in [0.25, 0.3) is 0 Å². The first-order valence-electron chi connectivity index (χ1n) is 19.7. The summed E-state index contributed by atoms with van der Waals surface area (Å²) in [6, 6.07) is 75.8. The summed E-state index contributed by atoms with van der Waals surface area (Å²) in [5, 5.41) is 7.66. The van der Waals surface area contributed by atoms with Gasteiger partial charge in [0.1, 0.15) is 0 Å². The van der Waals surface area contributed by atoms with Gasteiger partial charge in [-0.25, -0.2) is 0 Å². The van der Waals surface area contributed by atoms with Gasteiger partial charge in [0.05, 0.1) is 16.7 Å². The van der Waals surface area contributed by atoms with Crippen molar-refractivity contribution in [3.63, 3.8) is 0 Å². The zero-order valence-electron chi connectivity index (χ0n) is 31.3. The SMILES string of the molecule is c1ccc(-c2ccc(N(c3ccc4c(c3)sc3ccccc34)c3cc4c(cc3-c3cccc5c3sc3ccccc35)c3ccccc3n4-c3ccccc3)cc2)cc1. The van der Waals surface area contributed by atoms with Crippen LogP contribution in [0.4, 0.5) is 17.1 Å². The molecule has 3 aromatic heterocycles. The lowest BCUT2D eigenvalue weighted by Crippen LogP contribution is -2.11. The van der Waals surface area contributed by atoms with Crippen molar-refractivity contribution in [2.75, 3.05) is 4.90 Å². The number of hydrogen-bond donors (Lipinski definition) is 0. The number of nitrogens with zero attached hydrogens (tertiary/aromatic N) is 2. The second kappa shape index (κ2) is 13.3. The van der Waals surface area contributed by atoms with Crippen LogP contribution in [0.5, 0.6) is 0 Å². The van der Waals surface area contributed by atoms with Gasteiger partial charge in [0.15, 0.2) is 0 Å². The third kappa shape index (κ3) is 5.23. The van der Waals surface area contributed by atoms with E-state index in [0.717, 1.165) is 22.7 Å². The topological polar surface area (TPSA) is 8.17 Å². The first-order chi connectivity index (χ1) is 28.8. The molecular formula is C54H34N2S2. The predicted molar refractivity (Wildman–Crippen MR) is 252 cm³/mol. The van der Waals surface area contributed by atoms with Crippen LogP contribution < -0.4 is 4.90 Å². The van der Waals surface area contributed by atoms with Crippen LogP contribution in [0.15, 0.2) is 206 Å². The van der Waals surface area contributed by atoms with Crippen molar-refractivity contribution in [1.82, 2.24) is 4.57 Å². The molecule has 0 aliphatic rings. The first kappa shape index (κ1) is 33.2. The summed E-state index contributed by atoms with van der Waals surface area (Å²) in [5.74, 6) is 0. The summed E-state index contributed by atoms with van der Waals surface area (Å²) in [7, 11) is 0. The molecule has 12 rings (SSSR count). The monoisotopic (exact) mass is 774 g/mol. The number of thiophene rings is 2. The maximum Gasteiger partial charge on any atom is 0.0562 e. The van der Waals surface area contributed by atoms with Gasteiger partial charge >= 0.3 is 0 Å². The van der Waals surface area contributed by atoms with Crippen LogP contribution >= 0.6 is 22.7 Å². The van der Waals surface area contributed by atoms with Crippen molar-refractivity contribution in [1.29, 1.82) is 0 Å². The third-order valence-corrected chi connectivity index (χ3v) is 13.9. The fourth-order valence-electron chi connectivity index (χ4n) is 8.93. The summed E-state index contributed by atoms with van der Waals surface area (Å²) >= 11 is 3.75. The molecule has 0 aliphatic carbocycles. The Morgan fingerprint density at radius 3 is 1.74 bits per heavy atom. The van der Waals surface area contributed by atoms with E-state index in [0.29, 0.717) is 0 Å². The van der Waals surface area contributed by atoms with Crippen LogP contribution in [0, 0.1) is 0 Å². The Kier molecular flexibility index (Phi) is 7.62. The summed E-state index contributed by atoms with van der Waals surface area (Å²) < 4.78 is 7.62. The van der Waals surface area contributed by atoms with Crippen molar-refractivity contribution in [2.45, 2.75) is 0 Å². The highest BCUT2D eigenvalue weighted by molar-refractivity contribution is 7.26. The normalized spacial score (nSPS) is 11.8. The molecule has 12 aromatic rings. The summed E-state index contributed by atoms with van der Waals surface area (Å²) in [4.78, 5) is 2.49. The van der Waals surface area contributed by atoms with E-state index < -0.39 is 0 Å². The highest BCUT2D eigenvalue weighted by Crippen LogP contribution is 2.50. The molecule has 272 valence electrons. The molecule has 9 aromatic carbocycles. The van der Waals surface area contributed by atoms with Gasteiger partial charge in [-0.2, -0.15) is 0 Å². The van der Waals surface area contributed by atoms with Gasteiger partial charge in [-0.1, -0.05) is 140 Å². The Balaban J connectivity index is 1.20. The Hall–Kier alpha value is -6.98. The molecule has 58 heavy (non-hydrogen) atoms. The molecular weight excluding hydrogens is 741 g/mol. The highest BCUT2D eigenvalue weighted by atomic mass is 32.1. The molecule has 2 nitrogen and oxygen atoms in total. The van der Waals surface area contributed by atoms with E-state index in [9.17, 15) is 0 Å². The second-order valence-corrected chi connectivity index (χ2v) is 17.0. The molecule has 0 bridgehead atoms. The van der Waals surface area contributed by atoms with E-state index in [4.69, 9.17) is 0 Å². The van der Waals surface area contributed by atoms with Gasteiger partial charge in [-0.05, 0) is 77.9 Å². The quantitative estimate of drug-likeness (QED) is 0.163. The van der Waals surface area contributed by atoms with Gasteiger partial charge in [-0.15, -0.1) is 22.7 Å². The maximum absolute atomic E-state index is 2.49. The summed E-state index contributed by atoms with van der Waals surface area (Å²) in [6.07, 6.45) is 0. The lowest BCUT2D eigenvalue weighted by atomic mass is 9.97. The second-order valence-electron chi connectivity index (χ2n) is 14.9. The van der Waals surface area contributed by atoms with Crippen molar-refractivity contribution in [3.8, 4) is 27.9 Å². The molecule has 4 heteroatoms. The standard InChI is InChI=1S/C54H34N2S2/c1-3-14-35(15-4-1)36-26-28-38(29-27-36)55(39-30-31-43-41-19-8-11-24-51(41)57-53(43)32-39)49-34-50-46(40-18-7-10-23-48(40)56(50)37-16-5-2-6-17-37)33-47(49)45-22-13-21-44-42-20-9-12-25-52(42)58-54(44)45/h1-34H. The Morgan fingerprint density at radius 2 is 0.948 bits per heavy atom. The summed E-state index contributed by atoms with van der Waals surface area (Å²) in [5.41, 5.74) is 11.7. The molecule has 0 atom stereocenters. The van der Waals surface area contributed by atoms with Crippen molar-refractivity contribution < 1.29 is 0 Å². The van der Waals surface area contributed by atoms with Crippen LogP contribution in [-0.2, 0) is 0 Å².